The van der Waals surface area contributed by atoms with Crippen LogP contribution in [-0.4, -0.2) is 16.1 Å². The van der Waals surface area contributed by atoms with E-state index in [9.17, 15) is 4.79 Å². The average Bonchev–Trinajstić information content (AvgIpc) is 2.80. The number of nitrogens with one attached hydrogen (secondary N) is 1. The van der Waals surface area contributed by atoms with Crippen molar-refractivity contribution < 1.29 is 4.79 Å². The second-order valence-corrected chi connectivity index (χ2v) is 5.81. The molecule has 2 aromatic rings. The summed E-state index contributed by atoms with van der Waals surface area (Å²) in [6.45, 7) is 6.37. The molecule has 1 unspecified atom stereocenters. The van der Waals surface area contributed by atoms with Crippen LogP contribution in [0.3, 0.4) is 0 Å². The number of rotatable bonds is 5. The van der Waals surface area contributed by atoms with Crippen molar-refractivity contribution in [3.63, 3.8) is 0 Å². The SMILES string of the molecule is CCc1sc(C(C)Nc2ccc(C(N)=O)nn2)cc1C. The van der Waals surface area contributed by atoms with E-state index in [1.807, 2.05) is 11.3 Å². The third-order valence-corrected chi connectivity index (χ3v) is 4.63. The molecule has 0 aliphatic rings. The molecule has 2 heterocycles. The van der Waals surface area contributed by atoms with E-state index < -0.39 is 5.91 Å². The zero-order valence-electron chi connectivity index (χ0n) is 11.8. The first kappa shape index (κ1) is 14.5. The van der Waals surface area contributed by atoms with Crippen molar-refractivity contribution in [2.24, 2.45) is 5.73 Å². The molecular formula is C14H18N4OS. The maximum Gasteiger partial charge on any atom is 0.269 e. The Morgan fingerprint density at radius 1 is 1.45 bits per heavy atom. The minimum absolute atomic E-state index is 0.146. The number of anilines is 1. The van der Waals surface area contributed by atoms with E-state index in [1.54, 1.807) is 12.1 Å². The number of thiophene rings is 1. The molecule has 0 saturated carbocycles. The molecular weight excluding hydrogens is 272 g/mol. The number of primary amides is 1. The summed E-state index contributed by atoms with van der Waals surface area (Å²) in [6.07, 6.45) is 1.05. The highest BCUT2D eigenvalue weighted by atomic mass is 32.1. The fourth-order valence-electron chi connectivity index (χ4n) is 1.94. The molecule has 2 aromatic heterocycles. The van der Waals surface area contributed by atoms with E-state index in [2.05, 4.69) is 42.4 Å². The zero-order valence-corrected chi connectivity index (χ0v) is 12.6. The molecule has 1 atom stereocenters. The first-order valence-electron chi connectivity index (χ1n) is 6.50. The van der Waals surface area contributed by atoms with Crippen LogP contribution in [0.25, 0.3) is 0 Å². The first-order valence-corrected chi connectivity index (χ1v) is 7.32. The lowest BCUT2D eigenvalue weighted by Gasteiger charge is -2.12. The Kier molecular flexibility index (Phi) is 4.34. The number of amides is 1. The summed E-state index contributed by atoms with van der Waals surface area (Å²) < 4.78 is 0. The average molecular weight is 290 g/mol. The highest BCUT2D eigenvalue weighted by Crippen LogP contribution is 2.29. The van der Waals surface area contributed by atoms with Crippen molar-refractivity contribution in [2.45, 2.75) is 33.2 Å². The normalized spacial score (nSPS) is 12.2. The van der Waals surface area contributed by atoms with Crippen LogP contribution in [-0.2, 0) is 6.42 Å². The number of carbonyl (C=O) groups excluding carboxylic acids is 1. The minimum atomic E-state index is -0.571. The van der Waals surface area contributed by atoms with Crippen LogP contribution in [0.5, 0.6) is 0 Å². The fourth-order valence-corrected chi connectivity index (χ4v) is 3.06. The Balaban J connectivity index is 2.10. The third-order valence-electron chi connectivity index (χ3n) is 3.07. The van der Waals surface area contributed by atoms with Crippen LogP contribution < -0.4 is 11.1 Å². The summed E-state index contributed by atoms with van der Waals surface area (Å²) in [6, 6.07) is 5.63. The van der Waals surface area contributed by atoms with Gasteiger partial charge in [-0.2, -0.15) is 0 Å². The molecule has 20 heavy (non-hydrogen) atoms. The van der Waals surface area contributed by atoms with Crippen LogP contribution in [0.1, 0.15) is 45.7 Å². The Morgan fingerprint density at radius 3 is 2.70 bits per heavy atom. The van der Waals surface area contributed by atoms with Crippen LogP contribution in [0.15, 0.2) is 18.2 Å². The van der Waals surface area contributed by atoms with Crippen LogP contribution in [0.4, 0.5) is 5.82 Å². The highest BCUT2D eigenvalue weighted by molar-refractivity contribution is 7.12. The maximum atomic E-state index is 10.9. The molecule has 0 aliphatic heterocycles. The molecule has 3 N–H and O–H groups in total. The van der Waals surface area contributed by atoms with Crippen LogP contribution >= 0.6 is 11.3 Å². The maximum absolute atomic E-state index is 10.9. The number of hydrogen-bond acceptors (Lipinski definition) is 5. The van der Waals surface area contributed by atoms with Gasteiger partial charge < -0.3 is 11.1 Å². The molecule has 2 rings (SSSR count). The molecule has 0 radical (unpaired) electrons. The molecule has 0 spiro atoms. The van der Waals surface area contributed by atoms with Gasteiger partial charge in [0.05, 0.1) is 6.04 Å². The van der Waals surface area contributed by atoms with Crippen molar-refractivity contribution in [1.82, 2.24) is 10.2 Å². The van der Waals surface area contributed by atoms with Crippen molar-refractivity contribution in [3.8, 4) is 0 Å². The number of carbonyl (C=O) groups is 1. The van der Waals surface area contributed by atoms with Gasteiger partial charge in [0.1, 0.15) is 5.82 Å². The Morgan fingerprint density at radius 2 is 2.20 bits per heavy atom. The minimum Gasteiger partial charge on any atom is -0.364 e. The molecule has 0 aliphatic carbocycles. The van der Waals surface area contributed by atoms with Gasteiger partial charge in [-0.3, -0.25) is 4.79 Å². The summed E-state index contributed by atoms with van der Waals surface area (Å²) in [7, 11) is 0. The molecule has 0 fully saturated rings. The van der Waals surface area contributed by atoms with E-state index in [0.29, 0.717) is 5.82 Å². The largest absolute Gasteiger partial charge is 0.364 e. The summed E-state index contributed by atoms with van der Waals surface area (Å²) in [4.78, 5) is 13.6. The summed E-state index contributed by atoms with van der Waals surface area (Å²) >= 11 is 1.81. The van der Waals surface area contributed by atoms with Gasteiger partial charge in [-0.05, 0) is 44.0 Å². The van der Waals surface area contributed by atoms with Crippen LogP contribution in [0.2, 0.25) is 0 Å². The number of hydrogen-bond donors (Lipinski definition) is 2. The topological polar surface area (TPSA) is 80.9 Å². The van der Waals surface area contributed by atoms with Crippen molar-refractivity contribution in [1.29, 1.82) is 0 Å². The molecule has 0 bridgehead atoms. The molecule has 0 saturated heterocycles. The number of aryl methyl sites for hydroxylation is 2. The van der Waals surface area contributed by atoms with Gasteiger partial charge in [-0.1, -0.05) is 6.92 Å². The quantitative estimate of drug-likeness (QED) is 0.887. The number of nitrogens with zero attached hydrogens (tertiary/aromatic N) is 2. The molecule has 0 aromatic carbocycles. The summed E-state index contributed by atoms with van der Waals surface area (Å²) in [5, 5.41) is 11.0. The predicted octanol–water partition coefficient (Wildman–Crippen LogP) is 2.68. The van der Waals surface area contributed by atoms with Gasteiger partial charge in [0, 0.05) is 9.75 Å². The van der Waals surface area contributed by atoms with Crippen molar-refractivity contribution in [3.05, 3.63) is 39.2 Å². The van der Waals surface area contributed by atoms with E-state index in [1.165, 1.54) is 15.3 Å². The Bertz CT molecular complexity index is 606. The molecule has 106 valence electrons. The summed E-state index contributed by atoms with van der Waals surface area (Å²) in [5.74, 6) is 0.0603. The Labute approximate surface area is 122 Å². The highest BCUT2D eigenvalue weighted by Gasteiger charge is 2.12. The number of nitrogens with two attached hydrogens (primary N) is 1. The van der Waals surface area contributed by atoms with Gasteiger partial charge >= 0.3 is 0 Å². The Hall–Kier alpha value is -1.95. The predicted molar refractivity (Wildman–Crippen MR) is 81.0 cm³/mol. The van der Waals surface area contributed by atoms with Crippen LogP contribution in [0, 0.1) is 6.92 Å². The van der Waals surface area contributed by atoms with Gasteiger partial charge in [0.15, 0.2) is 5.69 Å². The lowest BCUT2D eigenvalue weighted by atomic mass is 10.2. The van der Waals surface area contributed by atoms with Crippen molar-refractivity contribution in [2.75, 3.05) is 5.32 Å². The van der Waals surface area contributed by atoms with E-state index in [4.69, 9.17) is 5.73 Å². The first-order chi connectivity index (χ1) is 9.51. The van der Waals surface area contributed by atoms with E-state index in [-0.39, 0.29) is 11.7 Å². The standard InChI is InChI=1S/C14H18N4OS/c1-4-11-8(2)7-12(20-11)9(3)16-13-6-5-10(14(15)19)17-18-13/h5-7,9H,4H2,1-3H3,(H2,15,19)(H,16,18). The van der Waals surface area contributed by atoms with Gasteiger partial charge in [0.25, 0.3) is 5.91 Å². The molecule has 1 amide bonds. The third kappa shape index (κ3) is 3.14. The molecule has 6 heteroatoms. The van der Waals surface area contributed by atoms with Gasteiger partial charge in [-0.25, -0.2) is 0 Å². The smallest absolute Gasteiger partial charge is 0.269 e. The second kappa shape index (κ2) is 6.00. The van der Waals surface area contributed by atoms with E-state index in [0.717, 1.165) is 6.42 Å². The van der Waals surface area contributed by atoms with Gasteiger partial charge in [-0.15, -0.1) is 21.5 Å². The van der Waals surface area contributed by atoms with E-state index >= 15 is 0 Å². The van der Waals surface area contributed by atoms with Crippen molar-refractivity contribution >= 4 is 23.1 Å². The fraction of sp³-hybridized carbons (Fsp3) is 0.357. The monoisotopic (exact) mass is 290 g/mol. The molecule has 5 nitrogen and oxygen atoms in total. The summed E-state index contributed by atoms with van der Waals surface area (Å²) in [5.41, 5.74) is 6.63. The number of aromatic nitrogens is 2. The second-order valence-electron chi connectivity index (χ2n) is 4.64. The lowest BCUT2D eigenvalue weighted by Crippen LogP contribution is -2.14. The zero-order chi connectivity index (χ0) is 14.7. The van der Waals surface area contributed by atoms with Gasteiger partial charge in [0.2, 0.25) is 0 Å². The lowest BCUT2D eigenvalue weighted by molar-refractivity contribution is 0.0994.